The summed E-state index contributed by atoms with van der Waals surface area (Å²) in [4.78, 5) is 24.7. The van der Waals surface area contributed by atoms with Gasteiger partial charge in [0.15, 0.2) is 0 Å². The van der Waals surface area contributed by atoms with Gasteiger partial charge in [-0.1, -0.05) is 88.4 Å². The largest absolute Gasteiger partial charge is 0.506 e. The zero-order valence-electron chi connectivity index (χ0n) is 29.8. The maximum atomic E-state index is 12.5. The van der Waals surface area contributed by atoms with E-state index in [0.29, 0.717) is 56.7 Å². The first-order valence-electron chi connectivity index (χ1n) is 16.5. The van der Waals surface area contributed by atoms with Gasteiger partial charge in [0.2, 0.25) is 0 Å². The first-order chi connectivity index (χ1) is 23.4. The summed E-state index contributed by atoms with van der Waals surface area (Å²) in [5, 5.41) is 13.3. The van der Waals surface area contributed by atoms with Crippen molar-refractivity contribution in [2.45, 2.75) is 66.4 Å². The minimum Gasteiger partial charge on any atom is -0.506 e. The minimum atomic E-state index is -0.965. The van der Waals surface area contributed by atoms with E-state index in [-0.39, 0.29) is 17.9 Å². The number of hydrogen-bond donors (Lipinski definition) is 1. The molecule has 2 unspecified atom stereocenters. The normalized spacial score (nSPS) is 18.0. The number of methoxy groups -OCH3 is 1. The molecule has 10 heteroatoms. The van der Waals surface area contributed by atoms with E-state index in [1.807, 2.05) is 70.2 Å². The lowest BCUT2D eigenvalue weighted by atomic mass is 9.80. The Bertz CT molecular complexity index is 1870. The number of carbonyl (C=O) groups excluding carboxylic acids is 2. The molecule has 2 aliphatic heterocycles. The summed E-state index contributed by atoms with van der Waals surface area (Å²) in [5.74, 6) is 0.376. The lowest BCUT2D eigenvalue weighted by molar-refractivity contribution is 0.0515. The predicted molar refractivity (Wildman–Crippen MR) is 198 cm³/mol. The van der Waals surface area contributed by atoms with Crippen molar-refractivity contribution in [3.63, 3.8) is 0 Å². The Morgan fingerprint density at radius 1 is 0.694 bits per heavy atom. The third-order valence-corrected chi connectivity index (χ3v) is 7.30. The Morgan fingerprint density at radius 3 is 1.53 bits per heavy atom. The fourth-order valence-electron chi connectivity index (χ4n) is 5.38. The van der Waals surface area contributed by atoms with Crippen LogP contribution < -0.4 is 14.2 Å². The molecular formula is C39H44B2O8. The van der Waals surface area contributed by atoms with Crippen LogP contribution in [0.25, 0.3) is 33.7 Å². The SMILES string of the molecule is CC.CC.[B]C1(C)C=Cc2c(O)c(C(=O)OCC)c3ccccc3c2O1.[B]C1(C)C=Cc2c(OC)c(C(=O)OCC)c3ccccc3c2O1. The molecule has 0 aromatic heterocycles. The molecule has 4 aromatic rings. The zero-order chi connectivity index (χ0) is 36.5. The molecule has 0 amide bonds. The van der Waals surface area contributed by atoms with Crippen LogP contribution in [0, 0.1) is 0 Å². The lowest BCUT2D eigenvalue weighted by Crippen LogP contribution is -2.32. The number of rotatable bonds is 5. The number of phenols is 1. The monoisotopic (exact) mass is 662 g/mol. The molecule has 2 atom stereocenters. The number of hydrogen-bond acceptors (Lipinski definition) is 8. The van der Waals surface area contributed by atoms with Crippen molar-refractivity contribution >= 4 is 61.3 Å². The van der Waals surface area contributed by atoms with Crippen molar-refractivity contribution in [1.29, 1.82) is 0 Å². The Hall–Kier alpha value is -4.85. The lowest BCUT2D eigenvalue weighted by Gasteiger charge is -2.31. The van der Waals surface area contributed by atoms with Gasteiger partial charge < -0.3 is 28.8 Å². The molecule has 0 saturated heterocycles. The van der Waals surface area contributed by atoms with Crippen LogP contribution in [0.15, 0.2) is 60.7 Å². The first-order valence-corrected chi connectivity index (χ1v) is 16.5. The summed E-state index contributed by atoms with van der Waals surface area (Å²) < 4.78 is 27.5. The van der Waals surface area contributed by atoms with Crippen molar-refractivity contribution in [2.75, 3.05) is 20.3 Å². The van der Waals surface area contributed by atoms with Crippen LogP contribution in [-0.2, 0) is 9.47 Å². The third kappa shape index (κ3) is 8.07. The number of phenolic OH excluding ortho intramolecular Hbond substituents is 1. The van der Waals surface area contributed by atoms with Crippen molar-refractivity contribution < 1.29 is 38.4 Å². The molecule has 4 aromatic carbocycles. The van der Waals surface area contributed by atoms with Crippen LogP contribution in [0.1, 0.15) is 87.2 Å². The molecule has 0 aliphatic carbocycles. The fraction of sp³-hybridized carbons (Fsp3) is 0.333. The molecule has 2 aliphatic rings. The summed E-state index contributed by atoms with van der Waals surface area (Å²) in [7, 11) is 13.6. The predicted octanol–water partition coefficient (Wildman–Crippen LogP) is 8.38. The molecule has 49 heavy (non-hydrogen) atoms. The molecular weight excluding hydrogens is 618 g/mol. The van der Waals surface area contributed by atoms with Crippen LogP contribution in [0.2, 0.25) is 0 Å². The zero-order valence-corrected chi connectivity index (χ0v) is 29.8. The number of fused-ring (bicyclic) bond motifs is 6. The Labute approximate surface area is 291 Å². The molecule has 0 saturated carbocycles. The van der Waals surface area contributed by atoms with Gasteiger partial charge in [0.25, 0.3) is 0 Å². The van der Waals surface area contributed by atoms with E-state index in [2.05, 4.69) is 0 Å². The van der Waals surface area contributed by atoms with Gasteiger partial charge >= 0.3 is 11.9 Å². The molecule has 4 radical (unpaired) electrons. The maximum absolute atomic E-state index is 12.5. The van der Waals surface area contributed by atoms with E-state index in [1.54, 1.807) is 58.1 Å². The second-order valence-corrected chi connectivity index (χ2v) is 10.9. The van der Waals surface area contributed by atoms with Crippen molar-refractivity contribution in [2.24, 2.45) is 0 Å². The van der Waals surface area contributed by atoms with Gasteiger partial charge in [-0.05, 0) is 39.8 Å². The number of aromatic hydroxyl groups is 1. The van der Waals surface area contributed by atoms with Crippen LogP contribution in [0.5, 0.6) is 23.0 Å². The summed E-state index contributed by atoms with van der Waals surface area (Å²) in [6, 6.07) is 14.7. The van der Waals surface area contributed by atoms with Crippen LogP contribution in [0.4, 0.5) is 0 Å². The Balaban J connectivity index is 0.000000241. The highest BCUT2D eigenvalue weighted by Crippen LogP contribution is 2.46. The van der Waals surface area contributed by atoms with E-state index in [4.69, 9.17) is 39.4 Å². The van der Waals surface area contributed by atoms with E-state index >= 15 is 0 Å². The van der Waals surface area contributed by atoms with Crippen molar-refractivity contribution in [3.05, 3.63) is 82.9 Å². The van der Waals surface area contributed by atoms with Crippen molar-refractivity contribution in [1.82, 2.24) is 0 Å². The second kappa shape index (κ2) is 16.5. The number of benzene rings is 4. The molecule has 2 heterocycles. The highest BCUT2D eigenvalue weighted by Gasteiger charge is 2.31. The highest BCUT2D eigenvalue weighted by molar-refractivity contribution is 6.18. The number of ether oxygens (including phenoxy) is 5. The summed E-state index contributed by atoms with van der Waals surface area (Å²) in [6.07, 6.45) is 6.87. The molecule has 6 rings (SSSR count). The average Bonchev–Trinajstić information content (AvgIpc) is 3.09. The minimum absolute atomic E-state index is 0.144. The summed E-state index contributed by atoms with van der Waals surface area (Å²) >= 11 is 0. The van der Waals surface area contributed by atoms with E-state index in [0.717, 1.165) is 5.39 Å². The molecule has 0 fully saturated rings. The molecule has 0 bridgehead atoms. The van der Waals surface area contributed by atoms with Crippen LogP contribution in [0.3, 0.4) is 0 Å². The van der Waals surface area contributed by atoms with Gasteiger partial charge in [-0.3, -0.25) is 0 Å². The van der Waals surface area contributed by atoms with Gasteiger partial charge in [-0.25, -0.2) is 9.59 Å². The topological polar surface area (TPSA) is 101 Å². The van der Waals surface area contributed by atoms with Crippen LogP contribution in [-0.4, -0.2) is 64.1 Å². The standard InChI is InChI=1S/C18H17BO4.C17H15BO4.2C2H6/c1-4-22-17(20)14-11-7-5-6-8-12(11)15-13(16(14)21-3)9-10-18(2,19)23-15;1-3-21-16(20)13-10-6-4-5-7-11(10)15-12(14(13)19)8-9-17(2,18)22-15;2*1-2/h5-10H,4H2,1-3H3;4-9,19H,3H2,1-2H3;2*1-2H3. The average molecular weight is 662 g/mol. The second-order valence-electron chi connectivity index (χ2n) is 10.9. The summed E-state index contributed by atoms with van der Waals surface area (Å²) in [5.41, 5.74) is -0.204. The molecule has 0 spiro atoms. The third-order valence-electron chi connectivity index (χ3n) is 7.30. The smallest absolute Gasteiger partial charge is 0.342 e. The number of esters is 2. The molecule has 8 nitrogen and oxygen atoms in total. The van der Waals surface area contributed by atoms with E-state index in [1.165, 1.54) is 7.11 Å². The van der Waals surface area contributed by atoms with E-state index < -0.39 is 22.9 Å². The van der Waals surface area contributed by atoms with Gasteiger partial charge in [0.05, 0.1) is 42.5 Å². The number of carbonyl (C=O) groups is 2. The Kier molecular flexibility index (Phi) is 13.0. The molecule has 1 N–H and O–H groups in total. The van der Waals surface area contributed by atoms with Gasteiger partial charge in [0.1, 0.15) is 49.8 Å². The fourth-order valence-corrected chi connectivity index (χ4v) is 5.38. The maximum Gasteiger partial charge on any atom is 0.342 e. The van der Waals surface area contributed by atoms with Gasteiger partial charge in [0, 0.05) is 21.5 Å². The highest BCUT2D eigenvalue weighted by atomic mass is 16.5. The Morgan fingerprint density at radius 2 is 1.08 bits per heavy atom. The van der Waals surface area contributed by atoms with Crippen LogP contribution >= 0.6 is 0 Å². The van der Waals surface area contributed by atoms with E-state index in [9.17, 15) is 14.7 Å². The van der Waals surface area contributed by atoms with Gasteiger partial charge in [-0.2, -0.15) is 0 Å². The summed E-state index contributed by atoms with van der Waals surface area (Å²) in [6.45, 7) is 15.5. The first kappa shape index (κ1) is 38.6. The quantitative estimate of drug-likeness (QED) is 0.168. The molecule has 254 valence electrons. The van der Waals surface area contributed by atoms with Gasteiger partial charge in [-0.15, -0.1) is 0 Å². The van der Waals surface area contributed by atoms with Crippen molar-refractivity contribution in [3.8, 4) is 23.0 Å².